The number of rotatable bonds is 0. The lowest BCUT2D eigenvalue weighted by Gasteiger charge is -1.99. The van der Waals surface area contributed by atoms with E-state index in [0.29, 0.717) is 19.6 Å². The molecule has 1 fully saturated rings. The second-order valence-corrected chi connectivity index (χ2v) is 1.55. The van der Waals surface area contributed by atoms with Gasteiger partial charge >= 0.3 is 0 Å². The fraction of sp³-hybridized carbons (Fsp3) is 0.600. The molecule has 0 amide bonds. The lowest BCUT2D eigenvalue weighted by Crippen LogP contribution is -2.16. The third kappa shape index (κ3) is 1.20. The van der Waals surface area contributed by atoms with E-state index < -0.39 is 0 Å². The lowest BCUT2D eigenvalue weighted by molar-refractivity contribution is -0.124. The number of hydrogen-bond acceptors (Lipinski definition) is 2. The Labute approximate surface area is 42.5 Å². The predicted molar refractivity (Wildman–Crippen MR) is 24.7 cm³/mol. The Bertz CT molecular complexity index is 70.1. The first-order valence-corrected chi connectivity index (χ1v) is 2.31. The zero-order valence-electron chi connectivity index (χ0n) is 4.02. The number of hydrogen-bond donors (Lipinski definition) is 0. The summed E-state index contributed by atoms with van der Waals surface area (Å²) in [5.41, 5.74) is 0. The van der Waals surface area contributed by atoms with Crippen LogP contribution in [0.15, 0.2) is 0 Å². The van der Waals surface area contributed by atoms with Gasteiger partial charge in [-0.15, -0.1) is 0 Å². The first-order valence-electron chi connectivity index (χ1n) is 2.31. The number of carbonyl (C=O) groups is 1. The third-order valence-electron chi connectivity index (χ3n) is 0.871. The van der Waals surface area contributed by atoms with Crippen LogP contribution in [0.2, 0.25) is 0 Å². The maximum atomic E-state index is 10.3. The highest BCUT2D eigenvalue weighted by molar-refractivity contribution is 5.81. The summed E-state index contributed by atoms with van der Waals surface area (Å²) in [7, 11) is 0. The van der Waals surface area contributed by atoms with Crippen LogP contribution in [0.3, 0.4) is 0 Å². The normalized spacial score (nSPS) is 21.4. The topological polar surface area (TPSA) is 26.3 Å². The summed E-state index contributed by atoms with van der Waals surface area (Å²) < 4.78 is 4.78. The molecule has 1 aliphatic rings. The van der Waals surface area contributed by atoms with Crippen LogP contribution in [-0.2, 0) is 9.53 Å². The molecular weight excluding hydrogens is 92.1 g/mol. The maximum absolute atomic E-state index is 10.3. The zero-order chi connectivity index (χ0) is 5.11. The summed E-state index contributed by atoms with van der Waals surface area (Å²) in [6, 6.07) is 0. The van der Waals surface area contributed by atoms with Gasteiger partial charge in [0.2, 0.25) is 5.78 Å². The SMILES string of the molecule is O=C1C[CH+]COC1. The van der Waals surface area contributed by atoms with Crippen molar-refractivity contribution in [2.24, 2.45) is 0 Å². The average Bonchev–Trinajstić information content (AvgIpc) is 1.69. The Hall–Kier alpha value is -0.500. The van der Waals surface area contributed by atoms with E-state index in [9.17, 15) is 4.79 Å². The molecule has 0 unspecified atom stereocenters. The van der Waals surface area contributed by atoms with E-state index in [1.54, 1.807) is 0 Å². The first-order chi connectivity index (χ1) is 3.39. The molecule has 2 heteroatoms. The average molecular weight is 99.1 g/mol. The minimum atomic E-state index is 0.186. The van der Waals surface area contributed by atoms with Crippen LogP contribution >= 0.6 is 0 Å². The quantitative estimate of drug-likeness (QED) is 0.405. The van der Waals surface area contributed by atoms with Gasteiger partial charge in [0.25, 0.3) is 0 Å². The van der Waals surface area contributed by atoms with E-state index in [2.05, 4.69) is 0 Å². The Morgan fingerprint density at radius 1 is 1.71 bits per heavy atom. The molecule has 0 atom stereocenters. The number of Topliss-reactive ketones (excluding diaryl/α,β-unsaturated/α-hetero) is 1. The van der Waals surface area contributed by atoms with Gasteiger partial charge in [-0.25, -0.2) is 0 Å². The molecule has 1 aliphatic heterocycles. The van der Waals surface area contributed by atoms with Crippen molar-refractivity contribution in [2.45, 2.75) is 6.42 Å². The molecule has 0 aromatic carbocycles. The Morgan fingerprint density at radius 2 is 2.57 bits per heavy atom. The maximum Gasteiger partial charge on any atom is 0.202 e. The van der Waals surface area contributed by atoms with Crippen LogP contribution in [0.1, 0.15) is 6.42 Å². The summed E-state index contributed by atoms with van der Waals surface area (Å²) in [6.07, 6.45) is 2.44. The van der Waals surface area contributed by atoms with Gasteiger partial charge in [0.05, 0.1) is 0 Å². The minimum absolute atomic E-state index is 0.186. The number of ether oxygens (including phenoxy) is 1. The summed E-state index contributed by atoms with van der Waals surface area (Å²) >= 11 is 0. The van der Waals surface area contributed by atoms with E-state index in [-0.39, 0.29) is 5.78 Å². The monoisotopic (exact) mass is 99.0 g/mol. The van der Waals surface area contributed by atoms with E-state index in [4.69, 9.17) is 4.74 Å². The molecule has 0 aromatic rings. The van der Waals surface area contributed by atoms with E-state index >= 15 is 0 Å². The molecule has 1 rings (SSSR count). The van der Waals surface area contributed by atoms with Crippen molar-refractivity contribution >= 4 is 5.78 Å². The molecule has 0 aromatic heterocycles. The van der Waals surface area contributed by atoms with Gasteiger partial charge in [0.15, 0.2) is 13.0 Å². The van der Waals surface area contributed by atoms with Crippen molar-refractivity contribution in [1.82, 2.24) is 0 Å². The summed E-state index contributed by atoms with van der Waals surface area (Å²) in [4.78, 5) is 10.3. The van der Waals surface area contributed by atoms with Crippen molar-refractivity contribution < 1.29 is 9.53 Å². The zero-order valence-corrected chi connectivity index (χ0v) is 4.02. The summed E-state index contributed by atoms with van der Waals surface area (Å²) in [5.74, 6) is 0.186. The smallest absolute Gasteiger partial charge is 0.202 e. The second kappa shape index (κ2) is 1.98. The van der Waals surface area contributed by atoms with Crippen LogP contribution < -0.4 is 0 Å². The van der Waals surface area contributed by atoms with Crippen molar-refractivity contribution in [1.29, 1.82) is 0 Å². The molecule has 38 valence electrons. The highest BCUT2D eigenvalue weighted by atomic mass is 16.5. The molecule has 1 heterocycles. The van der Waals surface area contributed by atoms with Crippen molar-refractivity contribution in [3.63, 3.8) is 0 Å². The van der Waals surface area contributed by atoms with E-state index in [1.165, 1.54) is 0 Å². The summed E-state index contributed by atoms with van der Waals surface area (Å²) in [5, 5.41) is 0. The van der Waals surface area contributed by atoms with Gasteiger partial charge in [-0.3, -0.25) is 4.79 Å². The number of carbonyl (C=O) groups excluding carboxylic acids is 1. The first kappa shape index (κ1) is 4.65. The molecule has 7 heavy (non-hydrogen) atoms. The Balaban J connectivity index is 2.25. The Morgan fingerprint density at radius 3 is 2.86 bits per heavy atom. The van der Waals surface area contributed by atoms with Crippen LogP contribution in [0, 0.1) is 6.42 Å². The molecule has 1 saturated heterocycles. The van der Waals surface area contributed by atoms with Crippen molar-refractivity contribution in [3.8, 4) is 0 Å². The van der Waals surface area contributed by atoms with Gasteiger partial charge in [-0.1, -0.05) is 0 Å². The van der Waals surface area contributed by atoms with Gasteiger partial charge in [-0.2, -0.15) is 0 Å². The summed E-state index contributed by atoms with van der Waals surface area (Å²) in [6.45, 7) is 0.961. The molecule has 0 bridgehead atoms. The van der Waals surface area contributed by atoms with Crippen molar-refractivity contribution in [3.05, 3.63) is 6.42 Å². The largest absolute Gasteiger partial charge is 0.332 e. The fourth-order valence-corrected chi connectivity index (χ4v) is 0.535. The van der Waals surface area contributed by atoms with Crippen LogP contribution in [-0.4, -0.2) is 19.0 Å². The minimum Gasteiger partial charge on any atom is -0.332 e. The second-order valence-electron chi connectivity index (χ2n) is 1.55. The van der Waals surface area contributed by atoms with Crippen LogP contribution in [0.4, 0.5) is 0 Å². The van der Waals surface area contributed by atoms with Gasteiger partial charge in [0.1, 0.15) is 13.0 Å². The fourth-order valence-electron chi connectivity index (χ4n) is 0.535. The van der Waals surface area contributed by atoms with E-state index in [0.717, 1.165) is 0 Å². The van der Waals surface area contributed by atoms with E-state index in [1.807, 2.05) is 6.42 Å². The standard InChI is InChI=1S/C5H7O2/c6-5-2-1-3-7-4-5/h1H,2-4H2/q+1. The van der Waals surface area contributed by atoms with Crippen molar-refractivity contribution in [2.75, 3.05) is 13.2 Å². The predicted octanol–water partition coefficient (Wildman–Crippen LogP) is 0.180. The molecule has 2 nitrogen and oxygen atoms in total. The molecule has 0 radical (unpaired) electrons. The molecule has 0 aliphatic carbocycles. The molecule has 0 spiro atoms. The third-order valence-corrected chi connectivity index (χ3v) is 0.871. The highest BCUT2D eigenvalue weighted by Gasteiger charge is 2.14. The highest BCUT2D eigenvalue weighted by Crippen LogP contribution is 1.97. The Kier molecular flexibility index (Phi) is 1.32. The van der Waals surface area contributed by atoms with Crippen LogP contribution in [0.25, 0.3) is 0 Å². The van der Waals surface area contributed by atoms with Gasteiger partial charge in [-0.05, 0) is 0 Å². The van der Waals surface area contributed by atoms with Gasteiger partial charge in [0, 0.05) is 0 Å². The molecular formula is C5H7O2+. The molecule has 0 saturated carbocycles. The van der Waals surface area contributed by atoms with Crippen LogP contribution in [0.5, 0.6) is 0 Å². The lowest BCUT2D eigenvalue weighted by atomic mass is 10.2. The van der Waals surface area contributed by atoms with Gasteiger partial charge < -0.3 is 4.74 Å². The molecule has 0 N–H and O–H groups in total. The number of ketones is 1.